The molecule has 1 aliphatic carbocycles. The smallest absolute Gasteiger partial charge is 0.316 e. The Balaban J connectivity index is 1.25. The number of fused-ring (bicyclic) bond motifs is 1. The van der Waals surface area contributed by atoms with E-state index < -0.39 is 11.9 Å². The number of benzene rings is 2. The third-order valence-electron chi connectivity index (χ3n) is 6.99. The number of carbonyl (C=O) groups excluding carboxylic acids is 4. The number of esters is 1. The van der Waals surface area contributed by atoms with E-state index >= 15 is 0 Å². The highest BCUT2D eigenvalue weighted by atomic mass is 16.5. The van der Waals surface area contributed by atoms with Gasteiger partial charge in [-0.15, -0.1) is 0 Å². The van der Waals surface area contributed by atoms with Crippen LogP contribution in [0.3, 0.4) is 0 Å². The average Bonchev–Trinajstić information content (AvgIpc) is 3.37. The van der Waals surface area contributed by atoms with Gasteiger partial charge in [0.05, 0.1) is 36.2 Å². The van der Waals surface area contributed by atoms with E-state index in [0.717, 1.165) is 25.7 Å². The zero-order chi connectivity index (χ0) is 23.8. The highest BCUT2D eigenvalue weighted by Gasteiger charge is 2.48. The van der Waals surface area contributed by atoms with Crippen LogP contribution in [0.1, 0.15) is 32.1 Å². The lowest BCUT2D eigenvalue weighted by Gasteiger charge is -2.19. The van der Waals surface area contributed by atoms with Crippen LogP contribution < -0.4 is 19.3 Å². The summed E-state index contributed by atoms with van der Waals surface area (Å²) < 4.78 is 10.9. The van der Waals surface area contributed by atoms with E-state index in [-0.39, 0.29) is 42.5 Å². The van der Waals surface area contributed by atoms with Crippen LogP contribution in [0.4, 0.5) is 11.4 Å². The first-order valence-corrected chi connectivity index (χ1v) is 11.6. The normalized spacial score (nSPS) is 24.4. The molecule has 0 radical (unpaired) electrons. The summed E-state index contributed by atoms with van der Waals surface area (Å²) in [6, 6.07) is 13.6. The second-order valence-corrected chi connectivity index (χ2v) is 9.00. The van der Waals surface area contributed by atoms with Gasteiger partial charge in [-0.2, -0.15) is 0 Å². The third-order valence-corrected chi connectivity index (χ3v) is 6.99. The van der Waals surface area contributed by atoms with Gasteiger partial charge in [-0.3, -0.25) is 24.1 Å². The summed E-state index contributed by atoms with van der Waals surface area (Å²) in [7, 11) is 1.53. The molecule has 3 atom stereocenters. The predicted molar refractivity (Wildman–Crippen MR) is 123 cm³/mol. The van der Waals surface area contributed by atoms with E-state index in [1.54, 1.807) is 36.4 Å². The van der Waals surface area contributed by atoms with Crippen molar-refractivity contribution < 1.29 is 28.7 Å². The molecule has 0 unspecified atom stereocenters. The molecule has 5 rings (SSSR count). The zero-order valence-electron chi connectivity index (χ0n) is 18.9. The van der Waals surface area contributed by atoms with E-state index in [4.69, 9.17) is 9.47 Å². The summed E-state index contributed by atoms with van der Waals surface area (Å²) in [5.74, 6) is -1.13. The maximum Gasteiger partial charge on any atom is 0.316 e. The predicted octanol–water partition coefficient (Wildman–Crippen LogP) is 3.33. The quantitative estimate of drug-likeness (QED) is 0.384. The summed E-state index contributed by atoms with van der Waals surface area (Å²) in [5.41, 5.74) is 1.11. The molecule has 3 aliphatic rings. The van der Waals surface area contributed by atoms with Crippen LogP contribution in [0.2, 0.25) is 0 Å². The summed E-state index contributed by atoms with van der Waals surface area (Å²) in [6.07, 6.45) is 3.51. The summed E-state index contributed by atoms with van der Waals surface area (Å²) >= 11 is 0. The van der Waals surface area contributed by atoms with Crippen molar-refractivity contribution in [3.63, 3.8) is 0 Å². The van der Waals surface area contributed by atoms with Crippen molar-refractivity contribution in [3.05, 3.63) is 48.5 Å². The maximum atomic E-state index is 12.8. The van der Waals surface area contributed by atoms with E-state index in [2.05, 4.69) is 0 Å². The lowest BCUT2D eigenvalue weighted by Crippen LogP contribution is -2.30. The Morgan fingerprint density at radius 1 is 0.912 bits per heavy atom. The maximum absolute atomic E-state index is 12.8. The Labute approximate surface area is 197 Å². The number of anilines is 2. The number of nitrogens with zero attached hydrogens (tertiary/aromatic N) is 2. The Bertz CT molecular complexity index is 1120. The van der Waals surface area contributed by atoms with Crippen LogP contribution in [0.25, 0.3) is 0 Å². The van der Waals surface area contributed by atoms with Crippen molar-refractivity contribution >= 4 is 35.1 Å². The molecule has 1 saturated carbocycles. The SMILES string of the molecule is COc1ccccc1N1C[C@H](C(=O)Oc2ccc(N3C(=O)[C@H]4CCCC[C@H]4C3=O)cc2)CC1=O. The molecule has 3 amide bonds. The lowest BCUT2D eigenvalue weighted by molar-refractivity contribution is -0.139. The molecule has 176 valence electrons. The molecule has 0 aromatic heterocycles. The Hall–Kier alpha value is -3.68. The molecule has 2 aromatic carbocycles. The molecule has 34 heavy (non-hydrogen) atoms. The lowest BCUT2D eigenvalue weighted by atomic mass is 9.81. The van der Waals surface area contributed by atoms with E-state index in [1.165, 1.54) is 16.9 Å². The number of imide groups is 1. The molecule has 2 aliphatic heterocycles. The molecular formula is C26H26N2O6. The van der Waals surface area contributed by atoms with Crippen molar-refractivity contribution in [2.24, 2.45) is 17.8 Å². The van der Waals surface area contributed by atoms with Gasteiger partial charge < -0.3 is 14.4 Å². The third kappa shape index (κ3) is 3.83. The molecule has 3 fully saturated rings. The van der Waals surface area contributed by atoms with Gasteiger partial charge in [-0.25, -0.2) is 0 Å². The first-order valence-electron chi connectivity index (χ1n) is 11.6. The van der Waals surface area contributed by atoms with Crippen LogP contribution in [0.15, 0.2) is 48.5 Å². The average molecular weight is 463 g/mol. The molecule has 0 bridgehead atoms. The van der Waals surface area contributed by atoms with Crippen LogP contribution >= 0.6 is 0 Å². The Kier molecular flexibility index (Phi) is 5.81. The van der Waals surface area contributed by atoms with Gasteiger partial charge >= 0.3 is 5.97 Å². The van der Waals surface area contributed by atoms with Crippen molar-refractivity contribution in [1.29, 1.82) is 0 Å². The molecular weight excluding hydrogens is 436 g/mol. The van der Waals surface area contributed by atoms with E-state index in [0.29, 0.717) is 22.9 Å². The number of methoxy groups -OCH3 is 1. The first kappa shape index (κ1) is 22.1. The second kappa shape index (κ2) is 8.93. The van der Waals surface area contributed by atoms with Gasteiger partial charge in [0, 0.05) is 13.0 Å². The number of amides is 3. The van der Waals surface area contributed by atoms with Crippen LogP contribution in [-0.4, -0.2) is 37.3 Å². The number of carbonyl (C=O) groups is 4. The Morgan fingerprint density at radius 3 is 2.21 bits per heavy atom. The van der Waals surface area contributed by atoms with Crippen molar-refractivity contribution in [3.8, 4) is 11.5 Å². The molecule has 2 aromatic rings. The number of rotatable bonds is 5. The number of ether oxygens (including phenoxy) is 2. The molecule has 2 saturated heterocycles. The summed E-state index contributed by atoms with van der Waals surface area (Å²) in [5, 5.41) is 0. The number of para-hydroxylation sites is 2. The minimum atomic E-state index is -0.609. The van der Waals surface area contributed by atoms with Gasteiger partial charge in [0.1, 0.15) is 11.5 Å². The van der Waals surface area contributed by atoms with Gasteiger partial charge in [-0.1, -0.05) is 25.0 Å². The second-order valence-electron chi connectivity index (χ2n) is 9.00. The largest absolute Gasteiger partial charge is 0.495 e. The van der Waals surface area contributed by atoms with Gasteiger partial charge in [-0.05, 0) is 49.2 Å². The number of hydrogen-bond acceptors (Lipinski definition) is 6. The topological polar surface area (TPSA) is 93.2 Å². The van der Waals surface area contributed by atoms with E-state index in [1.807, 2.05) is 12.1 Å². The molecule has 8 heteroatoms. The van der Waals surface area contributed by atoms with Crippen LogP contribution in [0.5, 0.6) is 11.5 Å². The fraction of sp³-hybridized carbons (Fsp3) is 0.385. The monoisotopic (exact) mass is 462 g/mol. The minimum Gasteiger partial charge on any atom is -0.495 e. The van der Waals surface area contributed by atoms with Crippen LogP contribution in [-0.2, 0) is 19.2 Å². The van der Waals surface area contributed by atoms with Crippen molar-refractivity contribution in [1.82, 2.24) is 0 Å². The highest BCUT2D eigenvalue weighted by Crippen LogP contribution is 2.40. The summed E-state index contributed by atoms with van der Waals surface area (Å²) in [6.45, 7) is 0.204. The van der Waals surface area contributed by atoms with Crippen molar-refractivity contribution in [2.45, 2.75) is 32.1 Å². The molecule has 2 heterocycles. The zero-order valence-corrected chi connectivity index (χ0v) is 18.9. The first-order chi connectivity index (χ1) is 16.5. The van der Waals surface area contributed by atoms with Gasteiger partial charge in [0.25, 0.3) is 0 Å². The standard InChI is InChI=1S/C26H26N2O6/c1-33-22-9-5-4-8-21(22)27-15-16(14-23(27)29)26(32)34-18-12-10-17(11-13-18)28-24(30)19-6-2-3-7-20(19)25(28)31/h4-5,8-13,16,19-20H,2-3,6-7,14-15H2,1H3/t16-,19-,20+/m1/s1. The number of hydrogen-bond donors (Lipinski definition) is 0. The van der Waals surface area contributed by atoms with Gasteiger partial charge in [0.2, 0.25) is 17.7 Å². The molecule has 8 nitrogen and oxygen atoms in total. The summed E-state index contributed by atoms with van der Waals surface area (Å²) in [4.78, 5) is 53.7. The fourth-order valence-electron chi connectivity index (χ4n) is 5.23. The van der Waals surface area contributed by atoms with Gasteiger partial charge in [0.15, 0.2) is 0 Å². The Morgan fingerprint density at radius 2 is 1.56 bits per heavy atom. The van der Waals surface area contributed by atoms with E-state index in [9.17, 15) is 19.2 Å². The molecule has 0 N–H and O–H groups in total. The highest BCUT2D eigenvalue weighted by molar-refractivity contribution is 6.22. The minimum absolute atomic E-state index is 0.0501. The molecule has 0 spiro atoms. The fourth-order valence-corrected chi connectivity index (χ4v) is 5.23. The van der Waals surface area contributed by atoms with Crippen LogP contribution in [0, 0.1) is 17.8 Å². The van der Waals surface area contributed by atoms with Crippen molar-refractivity contribution in [2.75, 3.05) is 23.5 Å².